The van der Waals surface area contributed by atoms with E-state index in [1.54, 1.807) is 7.11 Å². The van der Waals surface area contributed by atoms with E-state index in [9.17, 15) is 0 Å². The first kappa shape index (κ1) is 24.2. The maximum Gasteiger partial charge on any atom is 0.173 e. The second-order valence-electron chi connectivity index (χ2n) is 7.62. The Morgan fingerprint density at radius 2 is 1.75 bits per heavy atom. The number of hydrogen-bond acceptors (Lipinski definition) is 6. The highest BCUT2D eigenvalue weighted by Crippen LogP contribution is 2.29. The van der Waals surface area contributed by atoms with Crippen LogP contribution >= 0.6 is 24.0 Å². The number of rotatable bonds is 8. The topological polar surface area (TPSA) is 59.3 Å². The van der Waals surface area contributed by atoms with Gasteiger partial charge in [0.25, 0.3) is 0 Å². The Morgan fingerprint density at radius 1 is 1.06 bits per heavy atom. The van der Waals surface area contributed by atoms with E-state index in [0.717, 1.165) is 60.4 Å². The van der Waals surface area contributed by atoms with Gasteiger partial charge in [-0.1, -0.05) is 41.9 Å². The van der Waals surface area contributed by atoms with Crippen molar-refractivity contribution in [3.05, 3.63) is 83.2 Å². The molecule has 7 nitrogen and oxygen atoms in total. The minimum Gasteiger partial charge on any atom is -0.497 e. The molecule has 1 unspecified atom stereocenters. The number of halogens is 2. The molecule has 0 bridgehead atoms. The molecule has 170 valence electrons. The fourth-order valence-corrected chi connectivity index (χ4v) is 4.10. The largest absolute Gasteiger partial charge is 0.497 e. The summed E-state index contributed by atoms with van der Waals surface area (Å²) in [4.78, 5) is 4.85. The van der Waals surface area contributed by atoms with E-state index in [2.05, 4.69) is 44.0 Å². The maximum absolute atomic E-state index is 6.16. The SMILES string of the molecule is C=CCN1CCN(C(c2ccc(Cl)cc2)c2nnnn2Cc2ccc(OC)cc2)CC1.Cl. The Hall–Kier alpha value is -2.45. The van der Waals surface area contributed by atoms with Gasteiger partial charge in [-0.2, -0.15) is 0 Å². The molecular weight excluding hydrogens is 447 g/mol. The van der Waals surface area contributed by atoms with Gasteiger partial charge >= 0.3 is 0 Å². The zero-order valence-corrected chi connectivity index (χ0v) is 19.7. The molecule has 1 saturated heterocycles. The van der Waals surface area contributed by atoms with E-state index < -0.39 is 0 Å². The van der Waals surface area contributed by atoms with E-state index >= 15 is 0 Å². The molecule has 0 saturated carbocycles. The van der Waals surface area contributed by atoms with Crippen LogP contribution in [-0.2, 0) is 6.54 Å². The van der Waals surface area contributed by atoms with Crippen molar-refractivity contribution in [2.45, 2.75) is 12.6 Å². The lowest BCUT2D eigenvalue weighted by atomic mass is 10.0. The first-order valence-corrected chi connectivity index (χ1v) is 10.8. The molecule has 9 heteroatoms. The van der Waals surface area contributed by atoms with Gasteiger partial charge in [0.15, 0.2) is 5.82 Å². The predicted molar refractivity (Wildman–Crippen MR) is 129 cm³/mol. The number of nitrogens with zero attached hydrogens (tertiary/aromatic N) is 6. The predicted octanol–water partition coefficient (Wildman–Crippen LogP) is 3.70. The number of aromatic nitrogens is 4. The Balaban J connectivity index is 0.00000289. The first-order chi connectivity index (χ1) is 15.2. The van der Waals surface area contributed by atoms with Crippen molar-refractivity contribution in [1.29, 1.82) is 0 Å². The van der Waals surface area contributed by atoms with E-state index in [1.165, 1.54) is 0 Å². The molecule has 32 heavy (non-hydrogen) atoms. The third-order valence-corrected chi connectivity index (χ3v) is 5.89. The fraction of sp³-hybridized carbons (Fsp3) is 0.348. The van der Waals surface area contributed by atoms with Crippen LogP contribution in [-0.4, -0.2) is 69.8 Å². The molecule has 4 rings (SSSR count). The van der Waals surface area contributed by atoms with Gasteiger partial charge in [-0.3, -0.25) is 9.80 Å². The van der Waals surface area contributed by atoms with Crippen molar-refractivity contribution in [3.8, 4) is 5.75 Å². The van der Waals surface area contributed by atoms with E-state index in [0.29, 0.717) is 6.54 Å². The van der Waals surface area contributed by atoms with Gasteiger partial charge < -0.3 is 4.74 Å². The van der Waals surface area contributed by atoms with Crippen LogP contribution in [0, 0.1) is 0 Å². The third-order valence-electron chi connectivity index (χ3n) is 5.64. The second kappa shape index (κ2) is 11.4. The molecule has 1 aliphatic rings. The number of methoxy groups -OCH3 is 1. The molecule has 0 radical (unpaired) electrons. The lowest BCUT2D eigenvalue weighted by molar-refractivity contribution is 0.112. The second-order valence-corrected chi connectivity index (χ2v) is 8.06. The standard InChI is InChI=1S/C23H27ClN6O.ClH/c1-3-12-28-13-15-29(16-14-28)22(19-6-8-20(24)9-7-19)23-25-26-27-30(23)17-18-4-10-21(31-2)11-5-18;/h3-11,22H,1,12-17H2,2H3;1H. The molecule has 0 N–H and O–H groups in total. The summed E-state index contributed by atoms with van der Waals surface area (Å²) in [6.07, 6.45) is 1.96. The molecular formula is C23H28Cl2N6O. The van der Waals surface area contributed by atoms with Crippen LogP contribution in [0.3, 0.4) is 0 Å². The van der Waals surface area contributed by atoms with Gasteiger partial charge in [0.05, 0.1) is 19.7 Å². The zero-order chi connectivity index (χ0) is 21.6. The smallest absolute Gasteiger partial charge is 0.173 e. The van der Waals surface area contributed by atoms with Crippen molar-refractivity contribution in [3.63, 3.8) is 0 Å². The normalized spacial score (nSPS) is 15.7. The van der Waals surface area contributed by atoms with Crippen LogP contribution in [0.4, 0.5) is 0 Å². The maximum atomic E-state index is 6.16. The number of piperazine rings is 1. The highest BCUT2D eigenvalue weighted by atomic mass is 35.5. The molecule has 0 spiro atoms. The molecule has 0 aliphatic carbocycles. The van der Waals surface area contributed by atoms with Crippen LogP contribution < -0.4 is 4.74 Å². The monoisotopic (exact) mass is 474 g/mol. The van der Waals surface area contributed by atoms with Crippen molar-refractivity contribution >= 4 is 24.0 Å². The van der Waals surface area contributed by atoms with Crippen LogP contribution in [0.1, 0.15) is 23.0 Å². The van der Waals surface area contributed by atoms with Crippen molar-refractivity contribution in [2.24, 2.45) is 0 Å². The highest BCUT2D eigenvalue weighted by molar-refractivity contribution is 6.30. The summed E-state index contributed by atoms with van der Waals surface area (Å²) in [6.45, 7) is 9.18. The van der Waals surface area contributed by atoms with Crippen LogP contribution in [0.15, 0.2) is 61.2 Å². The lowest BCUT2D eigenvalue weighted by Crippen LogP contribution is -2.48. The van der Waals surface area contributed by atoms with E-state index in [1.807, 2.05) is 47.2 Å². The number of benzene rings is 2. The van der Waals surface area contributed by atoms with Crippen molar-refractivity contribution in [1.82, 2.24) is 30.0 Å². The summed E-state index contributed by atoms with van der Waals surface area (Å²) in [5.41, 5.74) is 2.24. The van der Waals surface area contributed by atoms with Crippen molar-refractivity contribution in [2.75, 3.05) is 39.8 Å². The molecule has 1 atom stereocenters. The molecule has 0 amide bonds. The Kier molecular flexibility index (Phi) is 8.64. The summed E-state index contributed by atoms with van der Waals surface area (Å²) in [5, 5.41) is 13.5. The van der Waals surface area contributed by atoms with Crippen molar-refractivity contribution < 1.29 is 4.74 Å². The molecule has 2 aromatic carbocycles. The third kappa shape index (κ3) is 5.66. The quantitative estimate of drug-likeness (QED) is 0.463. The molecule has 1 aliphatic heterocycles. The Bertz CT molecular complexity index is 984. The Morgan fingerprint density at radius 3 is 2.38 bits per heavy atom. The van der Waals surface area contributed by atoms with Gasteiger partial charge in [0.1, 0.15) is 5.75 Å². The number of ether oxygens (including phenoxy) is 1. The van der Waals surface area contributed by atoms with Crippen LogP contribution in [0.5, 0.6) is 5.75 Å². The number of tetrazole rings is 1. The average molecular weight is 475 g/mol. The summed E-state index contributed by atoms with van der Waals surface area (Å²) in [6, 6.07) is 15.9. The zero-order valence-electron chi connectivity index (χ0n) is 18.1. The molecule has 3 aromatic rings. The van der Waals surface area contributed by atoms with Gasteiger partial charge in [-0.05, 0) is 45.8 Å². The van der Waals surface area contributed by atoms with Gasteiger partial charge in [0.2, 0.25) is 0 Å². The molecule has 2 heterocycles. The van der Waals surface area contributed by atoms with Gasteiger partial charge in [0, 0.05) is 37.7 Å². The first-order valence-electron chi connectivity index (χ1n) is 10.4. The van der Waals surface area contributed by atoms with Gasteiger partial charge in [-0.15, -0.1) is 24.1 Å². The summed E-state index contributed by atoms with van der Waals surface area (Å²) in [5.74, 6) is 1.66. The Labute approximate surface area is 200 Å². The summed E-state index contributed by atoms with van der Waals surface area (Å²) in [7, 11) is 1.67. The van der Waals surface area contributed by atoms with E-state index in [4.69, 9.17) is 16.3 Å². The van der Waals surface area contributed by atoms with Gasteiger partial charge in [-0.25, -0.2) is 4.68 Å². The molecule has 1 aromatic heterocycles. The highest BCUT2D eigenvalue weighted by Gasteiger charge is 2.30. The summed E-state index contributed by atoms with van der Waals surface area (Å²) >= 11 is 6.16. The fourth-order valence-electron chi connectivity index (χ4n) is 3.98. The van der Waals surface area contributed by atoms with Crippen LogP contribution in [0.2, 0.25) is 5.02 Å². The lowest BCUT2D eigenvalue weighted by Gasteiger charge is -2.38. The number of hydrogen-bond donors (Lipinski definition) is 0. The van der Waals surface area contributed by atoms with E-state index in [-0.39, 0.29) is 18.4 Å². The summed E-state index contributed by atoms with van der Waals surface area (Å²) < 4.78 is 7.15. The minimum absolute atomic E-state index is 0. The van der Waals surface area contributed by atoms with Crippen LogP contribution in [0.25, 0.3) is 0 Å². The minimum atomic E-state index is -0.0450. The molecule has 1 fully saturated rings. The average Bonchev–Trinajstić information content (AvgIpc) is 3.25.